The van der Waals surface area contributed by atoms with Crippen molar-refractivity contribution in [3.8, 4) is 0 Å². The van der Waals surface area contributed by atoms with E-state index in [9.17, 15) is 14.9 Å². The lowest BCUT2D eigenvalue weighted by Crippen LogP contribution is -2.34. The van der Waals surface area contributed by atoms with Crippen LogP contribution in [0.4, 0.5) is 5.82 Å². The highest BCUT2D eigenvalue weighted by Gasteiger charge is 2.33. The number of nitrogens with one attached hydrogen (secondary N) is 1. The molecule has 7 nitrogen and oxygen atoms in total. The van der Waals surface area contributed by atoms with Gasteiger partial charge in [-0.3, -0.25) is 4.79 Å². The van der Waals surface area contributed by atoms with E-state index in [4.69, 9.17) is 0 Å². The molecule has 2 aliphatic heterocycles. The molecule has 3 heterocycles. The summed E-state index contributed by atoms with van der Waals surface area (Å²) in [7, 11) is 1.57. The zero-order valence-corrected chi connectivity index (χ0v) is 12.1. The van der Waals surface area contributed by atoms with Gasteiger partial charge in [-0.1, -0.05) is 0 Å². The first-order valence-corrected chi connectivity index (χ1v) is 7.38. The minimum atomic E-state index is -0.463. The molecule has 2 aliphatic rings. The van der Waals surface area contributed by atoms with Crippen molar-refractivity contribution >= 4 is 11.7 Å². The van der Waals surface area contributed by atoms with Crippen LogP contribution < -0.4 is 5.32 Å². The van der Waals surface area contributed by atoms with Gasteiger partial charge in [-0.2, -0.15) is 0 Å². The zero-order valence-electron chi connectivity index (χ0n) is 12.1. The van der Waals surface area contributed by atoms with E-state index in [0.717, 1.165) is 39.0 Å². The average Bonchev–Trinajstić information content (AvgIpc) is 3.00. The quantitative estimate of drug-likeness (QED) is 0.651. The molecule has 2 atom stereocenters. The van der Waals surface area contributed by atoms with Gasteiger partial charge in [0.05, 0.1) is 7.05 Å². The summed E-state index contributed by atoms with van der Waals surface area (Å²) < 4.78 is 1.37. The van der Waals surface area contributed by atoms with E-state index in [1.54, 1.807) is 13.1 Å². The first-order valence-electron chi connectivity index (χ1n) is 7.38. The van der Waals surface area contributed by atoms with E-state index in [1.165, 1.54) is 10.6 Å². The van der Waals surface area contributed by atoms with E-state index in [2.05, 4.69) is 5.32 Å². The van der Waals surface area contributed by atoms with E-state index in [0.29, 0.717) is 17.5 Å². The Morgan fingerprint density at radius 1 is 1.29 bits per heavy atom. The van der Waals surface area contributed by atoms with Crippen molar-refractivity contribution in [2.75, 3.05) is 26.2 Å². The molecule has 2 fully saturated rings. The minimum Gasteiger partial charge on any atom is -0.358 e. The Kier molecular flexibility index (Phi) is 3.67. The number of amides is 1. The predicted molar refractivity (Wildman–Crippen MR) is 77.1 cm³/mol. The highest BCUT2D eigenvalue weighted by atomic mass is 16.6. The van der Waals surface area contributed by atoms with Crippen LogP contribution in [0, 0.1) is 22.0 Å². The lowest BCUT2D eigenvalue weighted by atomic mass is 9.92. The summed E-state index contributed by atoms with van der Waals surface area (Å²) in [5, 5.41) is 14.3. The summed E-state index contributed by atoms with van der Waals surface area (Å²) in [5.41, 5.74) is 0.395. The number of carbonyl (C=O) groups excluding carboxylic acids is 1. The van der Waals surface area contributed by atoms with Gasteiger partial charge < -0.3 is 20.3 Å². The molecule has 0 aromatic carbocycles. The molecule has 1 aromatic heterocycles. The highest BCUT2D eigenvalue weighted by molar-refractivity contribution is 5.93. The molecule has 0 saturated carbocycles. The molecule has 1 aromatic rings. The third-order valence-corrected chi connectivity index (χ3v) is 4.81. The number of carbonyl (C=O) groups is 1. The Morgan fingerprint density at radius 3 is 2.43 bits per heavy atom. The summed E-state index contributed by atoms with van der Waals surface area (Å²) in [5.74, 6) is 1.17. The number of nitrogens with zero attached hydrogens (tertiary/aromatic N) is 3. The maximum absolute atomic E-state index is 12.6. The number of hydrogen-bond acceptors (Lipinski definition) is 4. The Bertz CT molecular complexity index is 555. The fraction of sp³-hybridized carbons (Fsp3) is 0.643. The van der Waals surface area contributed by atoms with Crippen molar-refractivity contribution in [2.24, 2.45) is 18.9 Å². The van der Waals surface area contributed by atoms with Crippen molar-refractivity contribution in [3.05, 3.63) is 27.9 Å². The Balaban J connectivity index is 1.75. The van der Waals surface area contributed by atoms with Gasteiger partial charge >= 0.3 is 5.82 Å². The normalized spacial score (nSPS) is 25.5. The van der Waals surface area contributed by atoms with Gasteiger partial charge in [0.2, 0.25) is 0 Å². The summed E-state index contributed by atoms with van der Waals surface area (Å²) in [6, 6.07) is 2.94. The largest absolute Gasteiger partial charge is 0.358 e. The molecule has 114 valence electrons. The Hall–Kier alpha value is -1.89. The van der Waals surface area contributed by atoms with Crippen molar-refractivity contribution in [1.82, 2.24) is 14.8 Å². The lowest BCUT2D eigenvalue weighted by Gasteiger charge is -2.19. The molecule has 7 heteroatoms. The average molecular weight is 292 g/mol. The molecule has 0 aliphatic carbocycles. The predicted octanol–water partition coefficient (Wildman–Crippen LogP) is 1.00. The second-order valence-electron chi connectivity index (χ2n) is 5.94. The zero-order chi connectivity index (χ0) is 15.0. The smallest absolute Gasteiger partial charge is 0.323 e. The van der Waals surface area contributed by atoms with Crippen LogP contribution in [0.1, 0.15) is 23.3 Å². The molecular formula is C14H20N4O3. The van der Waals surface area contributed by atoms with Crippen LogP contribution in [0.2, 0.25) is 0 Å². The van der Waals surface area contributed by atoms with Crippen LogP contribution in [0.5, 0.6) is 0 Å². The summed E-state index contributed by atoms with van der Waals surface area (Å²) in [4.78, 5) is 24.9. The SMILES string of the molecule is Cn1c(C(=O)N2CC[C@@H]3CNC[C@@H]3CC2)ccc1[N+](=O)[O-]. The van der Waals surface area contributed by atoms with Crippen LogP contribution in [0.3, 0.4) is 0 Å². The number of aromatic nitrogens is 1. The monoisotopic (exact) mass is 292 g/mol. The third-order valence-electron chi connectivity index (χ3n) is 4.81. The second-order valence-corrected chi connectivity index (χ2v) is 5.94. The minimum absolute atomic E-state index is 0.0470. The van der Waals surface area contributed by atoms with Crippen LogP contribution in [0.15, 0.2) is 12.1 Å². The number of rotatable bonds is 2. The van der Waals surface area contributed by atoms with Gasteiger partial charge in [-0.15, -0.1) is 0 Å². The van der Waals surface area contributed by atoms with E-state index < -0.39 is 4.92 Å². The van der Waals surface area contributed by atoms with Gasteiger partial charge in [0.1, 0.15) is 0 Å². The fourth-order valence-electron chi connectivity index (χ4n) is 3.48. The van der Waals surface area contributed by atoms with E-state index in [-0.39, 0.29) is 11.7 Å². The van der Waals surface area contributed by atoms with Crippen LogP contribution >= 0.6 is 0 Å². The number of fused-ring (bicyclic) bond motifs is 1. The maximum Gasteiger partial charge on any atom is 0.323 e. The summed E-state index contributed by atoms with van der Waals surface area (Å²) in [6.07, 6.45) is 2.02. The maximum atomic E-state index is 12.6. The highest BCUT2D eigenvalue weighted by Crippen LogP contribution is 2.28. The number of hydrogen-bond donors (Lipinski definition) is 1. The van der Waals surface area contributed by atoms with Crippen molar-refractivity contribution in [2.45, 2.75) is 12.8 Å². The molecule has 0 radical (unpaired) electrons. The number of nitro groups is 1. The summed E-state index contributed by atoms with van der Waals surface area (Å²) >= 11 is 0. The Labute approximate surface area is 123 Å². The molecule has 1 amide bonds. The van der Waals surface area contributed by atoms with Crippen LogP contribution in [0.25, 0.3) is 0 Å². The second kappa shape index (κ2) is 5.48. The molecule has 3 rings (SSSR count). The lowest BCUT2D eigenvalue weighted by molar-refractivity contribution is -0.391. The van der Waals surface area contributed by atoms with E-state index >= 15 is 0 Å². The van der Waals surface area contributed by atoms with Gasteiger partial charge in [0, 0.05) is 19.2 Å². The standard InChI is InChI=1S/C14H20N4O3/c1-16-12(2-3-13(16)18(20)21)14(19)17-6-4-10-8-15-9-11(10)5-7-17/h2-3,10-11,15H,4-9H2,1H3/t10-,11+. The first-order chi connectivity index (χ1) is 10.1. The Morgan fingerprint density at radius 2 is 1.90 bits per heavy atom. The fourth-order valence-corrected chi connectivity index (χ4v) is 3.48. The number of likely N-dealkylation sites (tertiary alicyclic amines) is 1. The van der Waals surface area contributed by atoms with Gasteiger partial charge in [0.25, 0.3) is 5.91 Å². The van der Waals surface area contributed by atoms with Crippen LogP contribution in [-0.2, 0) is 7.05 Å². The van der Waals surface area contributed by atoms with Crippen LogP contribution in [-0.4, -0.2) is 46.5 Å². The summed E-state index contributed by atoms with van der Waals surface area (Å²) in [6.45, 7) is 3.56. The van der Waals surface area contributed by atoms with Gasteiger partial charge in [-0.05, 0) is 48.8 Å². The topological polar surface area (TPSA) is 80.4 Å². The van der Waals surface area contributed by atoms with Gasteiger partial charge in [0.15, 0.2) is 5.69 Å². The van der Waals surface area contributed by atoms with E-state index in [1.807, 2.05) is 4.90 Å². The molecule has 2 saturated heterocycles. The molecular weight excluding hydrogens is 272 g/mol. The molecule has 0 bridgehead atoms. The van der Waals surface area contributed by atoms with Gasteiger partial charge in [-0.25, -0.2) is 4.57 Å². The molecule has 21 heavy (non-hydrogen) atoms. The first kappa shape index (κ1) is 14.1. The van der Waals surface area contributed by atoms with Crippen molar-refractivity contribution in [1.29, 1.82) is 0 Å². The molecule has 0 unspecified atom stereocenters. The molecule has 0 spiro atoms. The van der Waals surface area contributed by atoms with Crippen molar-refractivity contribution < 1.29 is 9.72 Å². The van der Waals surface area contributed by atoms with Crippen molar-refractivity contribution in [3.63, 3.8) is 0 Å². The third kappa shape index (κ3) is 2.53. The molecule has 1 N–H and O–H groups in total.